The fourth-order valence-electron chi connectivity index (χ4n) is 3.03. The lowest BCUT2D eigenvalue weighted by atomic mass is 10.1. The molecule has 0 saturated heterocycles. The smallest absolute Gasteiger partial charge is 0.251 e. The summed E-state index contributed by atoms with van der Waals surface area (Å²) in [5.74, 6) is 0.263. The summed E-state index contributed by atoms with van der Waals surface area (Å²) < 4.78 is 5.21. The monoisotopic (exact) mass is 419 g/mol. The number of hydrogen-bond donors (Lipinski definition) is 2. The molecule has 0 unspecified atom stereocenters. The molecular weight excluding hydrogens is 402 g/mol. The third kappa shape index (κ3) is 4.67. The Morgan fingerprint density at radius 3 is 2.47 bits per heavy atom. The third-order valence-corrected chi connectivity index (χ3v) is 4.77. The van der Waals surface area contributed by atoms with Gasteiger partial charge in [-0.1, -0.05) is 23.7 Å². The van der Waals surface area contributed by atoms with Gasteiger partial charge in [-0.15, -0.1) is 0 Å². The summed E-state index contributed by atoms with van der Waals surface area (Å²) >= 11 is 5.90. The van der Waals surface area contributed by atoms with Crippen LogP contribution >= 0.6 is 11.6 Å². The van der Waals surface area contributed by atoms with Gasteiger partial charge in [-0.3, -0.25) is 9.59 Å². The second-order valence-corrected chi connectivity index (χ2v) is 7.07. The Morgan fingerprint density at radius 1 is 0.867 bits per heavy atom. The van der Waals surface area contributed by atoms with Crippen molar-refractivity contribution in [1.82, 2.24) is 15.6 Å². The van der Waals surface area contributed by atoms with E-state index in [9.17, 15) is 9.59 Å². The van der Waals surface area contributed by atoms with Crippen LogP contribution in [0.4, 0.5) is 0 Å². The van der Waals surface area contributed by atoms with Gasteiger partial charge < -0.3 is 15.1 Å². The molecular formula is C23H18ClN3O3. The van der Waals surface area contributed by atoms with Crippen molar-refractivity contribution in [2.24, 2.45) is 0 Å². The van der Waals surface area contributed by atoms with Crippen molar-refractivity contribution in [2.75, 3.05) is 0 Å². The van der Waals surface area contributed by atoms with E-state index in [0.717, 1.165) is 16.5 Å². The molecule has 150 valence electrons. The molecule has 2 amide bonds. The van der Waals surface area contributed by atoms with E-state index in [4.69, 9.17) is 16.0 Å². The average Bonchev–Trinajstić information content (AvgIpc) is 3.29. The van der Waals surface area contributed by atoms with Gasteiger partial charge in [0.15, 0.2) is 0 Å². The molecule has 7 heteroatoms. The fraction of sp³-hybridized carbons (Fsp3) is 0.0870. The Balaban J connectivity index is 1.38. The number of nitrogens with zero attached hydrogens (tertiary/aromatic N) is 1. The van der Waals surface area contributed by atoms with Crippen molar-refractivity contribution in [1.29, 1.82) is 0 Å². The highest BCUT2D eigenvalue weighted by atomic mass is 35.5. The van der Waals surface area contributed by atoms with Gasteiger partial charge in [0.1, 0.15) is 10.9 Å². The first kappa shape index (κ1) is 19.7. The predicted molar refractivity (Wildman–Crippen MR) is 114 cm³/mol. The van der Waals surface area contributed by atoms with Crippen molar-refractivity contribution in [3.05, 3.63) is 101 Å². The molecule has 4 aromatic rings. The largest absolute Gasteiger partial charge is 0.467 e. The Kier molecular flexibility index (Phi) is 5.77. The minimum absolute atomic E-state index is 0.208. The summed E-state index contributed by atoms with van der Waals surface area (Å²) in [6.45, 7) is 0.615. The van der Waals surface area contributed by atoms with E-state index in [0.29, 0.717) is 35.1 Å². The molecule has 2 aromatic carbocycles. The number of fused-ring (bicyclic) bond motifs is 1. The number of benzene rings is 2. The second kappa shape index (κ2) is 8.80. The van der Waals surface area contributed by atoms with Crippen LogP contribution in [0.1, 0.15) is 32.0 Å². The molecule has 6 nitrogen and oxygen atoms in total. The maximum Gasteiger partial charge on any atom is 0.251 e. The number of aromatic nitrogens is 1. The standard InChI is InChI=1S/C23H18ClN3O3/c24-21-9-7-16-12-18(6-8-20(16)27-21)23(29)25-13-15-3-1-4-17(11-15)22(28)26-14-19-5-2-10-30-19/h1-12H,13-14H2,(H,25,29)(H,26,28). The van der Waals surface area contributed by atoms with E-state index in [1.165, 1.54) is 0 Å². The molecule has 0 radical (unpaired) electrons. The normalized spacial score (nSPS) is 10.7. The van der Waals surface area contributed by atoms with Crippen molar-refractivity contribution < 1.29 is 14.0 Å². The Morgan fingerprint density at radius 2 is 1.67 bits per heavy atom. The molecule has 0 bridgehead atoms. The molecule has 0 atom stereocenters. The number of hydrogen-bond acceptors (Lipinski definition) is 4. The molecule has 2 aromatic heterocycles. The van der Waals surface area contributed by atoms with Gasteiger partial charge in [0.05, 0.1) is 18.3 Å². The maximum absolute atomic E-state index is 12.5. The third-order valence-electron chi connectivity index (χ3n) is 4.56. The molecule has 2 N–H and O–H groups in total. The zero-order valence-corrected chi connectivity index (χ0v) is 16.6. The lowest BCUT2D eigenvalue weighted by Gasteiger charge is -2.08. The maximum atomic E-state index is 12.5. The van der Waals surface area contributed by atoms with E-state index >= 15 is 0 Å². The Bertz CT molecular complexity index is 1210. The van der Waals surface area contributed by atoms with Crippen molar-refractivity contribution in [2.45, 2.75) is 13.1 Å². The quantitative estimate of drug-likeness (QED) is 0.455. The molecule has 30 heavy (non-hydrogen) atoms. The van der Waals surface area contributed by atoms with Gasteiger partial charge in [-0.05, 0) is 60.2 Å². The fourth-order valence-corrected chi connectivity index (χ4v) is 3.19. The lowest BCUT2D eigenvalue weighted by Crippen LogP contribution is -2.24. The molecule has 0 aliphatic heterocycles. The highest BCUT2D eigenvalue weighted by molar-refractivity contribution is 6.29. The van der Waals surface area contributed by atoms with E-state index in [-0.39, 0.29) is 11.8 Å². The topological polar surface area (TPSA) is 84.2 Å². The second-order valence-electron chi connectivity index (χ2n) is 6.69. The summed E-state index contributed by atoms with van der Waals surface area (Å²) in [5.41, 5.74) is 2.59. The minimum Gasteiger partial charge on any atom is -0.467 e. The highest BCUT2D eigenvalue weighted by Crippen LogP contribution is 2.17. The van der Waals surface area contributed by atoms with Gasteiger partial charge in [0.2, 0.25) is 0 Å². The molecule has 0 spiro atoms. The highest BCUT2D eigenvalue weighted by Gasteiger charge is 2.10. The summed E-state index contributed by atoms with van der Waals surface area (Å²) in [4.78, 5) is 29.1. The first-order valence-corrected chi connectivity index (χ1v) is 9.70. The number of rotatable bonds is 6. The SMILES string of the molecule is O=C(NCc1cccc(C(=O)NCc2ccco2)c1)c1ccc2nc(Cl)ccc2c1. The van der Waals surface area contributed by atoms with Crippen LogP contribution in [0.25, 0.3) is 10.9 Å². The average molecular weight is 420 g/mol. The number of furan rings is 1. The van der Waals surface area contributed by atoms with Gasteiger partial charge in [-0.25, -0.2) is 4.98 Å². The van der Waals surface area contributed by atoms with Crippen LogP contribution in [0, 0.1) is 0 Å². The first-order valence-electron chi connectivity index (χ1n) is 9.32. The summed E-state index contributed by atoms with van der Waals surface area (Å²) in [7, 11) is 0. The van der Waals surface area contributed by atoms with E-state index in [1.54, 1.807) is 60.9 Å². The predicted octanol–water partition coefficient (Wildman–Crippen LogP) is 4.34. The van der Waals surface area contributed by atoms with E-state index < -0.39 is 0 Å². The van der Waals surface area contributed by atoms with Crippen LogP contribution in [0.15, 0.2) is 77.4 Å². The molecule has 0 aliphatic rings. The molecule has 0 aliphatic carbocycles. The first-order chi connectivity index (χ1) is 14.6. The van der Waals surface area contributed by atoms with Crippen molar-refractivity contribution in [3.8, 4) is 0 Å². The van der Waals surface area contributed by atoms with E-state index in [2.05, 4.69) is 15.6 Å². The summed E-state index contributed by atoms with van der Waals surface area (Å²) in [6.07, 6.45) is 1.56. The van der Waals surface area contributed by atoms with Crippen LogP contribution in [-0.4, -0.2) is 16.8 Å². The van der Waals surface area contributed by atoms with Gasteiger partial charge in [0.25, 0.3) is 11.8 Å². The van der Waals surface area contributed by atoms with E-state index in [1.807, 2.05) is 12.1 Å². The van der Waals surface area contributed by atoms with Crippen LogP contribution < -0.4 is 10.6 Å². The van der Waals surface area contributed by atoms with Crippen LogP contribution in [0.2, 0.25) is 5.15 Å². The zero-order valence-electron chi connectivity index (χ0n) is 15.9. The molecule has 4 rings (SSSR count). The van der Waals surface area contributed by atoms with Crippen molar-refractivity contribution >= 4 is 34.3 Å². The number of pyridine rings is 1. The number of carbonyl (C=O) groups is 2. The molecule has 0 fully saturated rings. The van der Waals surface area contributed by atoms with Crippen LogP contribution in [0.3, 0.4) is 0 Å². The number of carbonyl (C=O) groups excluding carboxylic acids is 2. The van der Waals surface area contributed by atoms with Gasteiger partial charge in [-0.2, -0.15) is 0 Å². The Hall–Kier alpha value is -3.64. The summed E-state index contributed by atoms with van der Waals surface area (Å²) in [5, 5.41) is 6.93. The van der Waals surface area contributed by atoms with Gasteiger partial charge in [0, 0.05) is 23.1 Å². The number of nitrogens with one attached hydrogen (secondary N) is 2. The van der Waals surface area contributed by atoms with Crippen LogP contribution in [0.5, 0.6) is 0 Å². The number of amides is 2. The molecule has 0 saturated carbocycles. The number of halogens is 1. The Labute approximate surface area is 177 Å². The minimum atomic E-state index is -0.209. The van der Waals surface area contributed by atoms with Crippen LogP contribution in [-0.2, 0) is 13.1 Å². The van der Waals surface area contributed by atoms with Crippen molar-refractivity contribution in [3.63, 3.8) is 0 Å². The van der Waals surface area contributed by atoms with Gasteiger partial charge >= 0.3 is 0 Å². The summed E-state index contributed by atoms with van der Waals surface area (Å²) in [6, 6.07) is 19.4. The zero-order chi connectivity index (χ0) is 20.9. The molecule has 2 heterocycles. The lowest BCUT2D eigenvalue weighted by molar-refractivity contribution is 0.0943.